The van der Waals surface area contributed by atoms with E-state index in [1.807, 2.05) is 19.1 Å². The summed E-state index contributed by atoms with van der Waals surface area (Å²) in [6.45, 7) is 1.89. The lowest BCUT2D eigenvalue weighted by Crippen LogP contribution is -2.12. The van der Waals surface area contributed by atoms with E-state index >= 15 is 0 Å². The molecule has 1 heterocycles. The van der Waals surface area contributed by atoms with Crippen LogP contribution in [0.4, 0.5) is 13.2 Å². The number of hydrogen-bond acceptors (Lipinski definition) is 1. The van der Waals surface area contributed by atoms with E-state index in [9.17, 15) is 13.2 Å². The average Bonchev–Trinajstić information content (AvgIpc) is 2.46. The first-order chi connectivity index (χ1) is 9.41. The summed E-state index contributed by atoms with van der Waals surface area (Å²) >= 11 is 3.41. The topological polar surface area (TPSA) is 12.9 Å². The maximum atomic E-state index is 13.0. The summed E-state index contributed by atoms with van der Waals surface area (Å²) in [7, 11) is 0. The van der Waals surface area contributed by atoms with E-state index in [4.69, 9.17) is 0 Å². The number of alkyl halides is 4. The van der Waals surface area contributed by atoms with E-state index in [1.54, 1.807) is 18.5 Å². The third-order valence-corrected chi connectivity index (χ3v) is 4.52. The monoisotopic (exact) mass is 343 g/mol. The van der Waals surface area contributed by atoms with Crippen LogP contribution in [0, 0.1) is 0 Å². The van der Waals surface area contributed by atoms with Crippen molar-refractivity contribution in [1.82, 2.24) is 4.98 Å². The summed E-state index contributed by atoms with van der Waals surface area (Å²) in [6.07, 6.45) is -1.07. The largest absolute Gasteiger partial charge is 0.416 e. The Morgan fingerprint density at radius 3 is 2.25 bits per heavy atom. The molecule has 0 N–H and O–H groups in total. The van der Waals surface area contributed by atoms with Crippen LogP contribution in [0.15, 0.2) is 48.8 Å². The summed E-state index contributed by atoms with van der Waals surface area (Å²) < 4.78 is 39.1. The molecule has 0 amide bonds. The number of halogens is 4. The highest BCUT2D eigenvalue weighted by Gasteiger charge is 2.35. The van der Waals surface area contributed by atoms with Crippen LogP contribution in [-0.2, 0) is 6.18 Å². The summed E-state index contributed by atoms with van der Waals surface area (Å²) in [5.41, 5.74) is 0.603. The maximum Gasteiger partial charge on any atom is 0.416 e. The Labute approximate surface area is 124 Å². The molecule has 0 spiro atoms. The van der Waals surface area contributed by atoms with Crippen molar-refractivity contribution in [2.24, 2.45) is 0 Å². The van der Waals surface area contributed by atoms with Gasteiger partial charge in [0.2, 0.25) is 0 Å². The van der Waals surface area contributed by atoms with Gasteiger partial charge in [0, 0.05) is 17.2 Å². The molecule has 20 heavy (non-hydrogen) atoms. The van der Waals surface area contributed by atoms with Crippen molar-refractivity contribution in [3.63, 3.8) is 0 Å². The van der Waals surface area contributed by atoms with Crippen LogP contribution < -0.4 is 0 Å². The Bertz CT molecular complexity index is 569. The summed E-state index contributed by atoms with van der Waals surface area (Å²) in [6, 6.07) is 9.29. The Morgan fingerprint density at radius 2 is 1.65 bits per heavy atom. The smallest absolute Gasteiger partial charge is 0.265 e. The minimum Gasteiger partial charge on any atom is -0.265 e. The van der Waals surface area contributed by atoms with Gasteiger partial charge in [-0.1, -0.05) is 41.1 Å². The van der Waals surface area contributed by atoms with Crippen molar-refractivity contribution >= 4 is 15.9 Å². The van der Waals surface area contributed by atoms with Crippen LogP contribution >= 0.6 is 15.9 Å². The fourth-order valence-corrected chi connectivity index (χ4v) is 2.81. The van der Waals surface area contributed by atoms with Gasteiger partial charge in [0.25, 0.3) is 0 Å². The maximum absolute atomic E-state index is 13.0. The minimum absolute atomic E-state index is 0.0958. The lowest BCUT2D eigenvalue weighted by atomic mass is 9.91. The van der Waals surface area contributed by atoms with E-state index in [0.717, 1.165) is 11.6 Å². The van der Waals surface area contributed by atoms with Gasteiger partial charge in [0.1, 0.15) is 0 Å². The number of hydrogen-bond donors (Lipinski definition) is 0. The summed E-state index contributed by atoms with van der Waals surface area (Å²) in [5, 5.41) is 0. The number of pyridine rings is 1. The lowest BCUT2D eigenvalue weighted by molar-refractivity contribution is -0.138. The molecular formula is C15H13BrF3N. The molecule has 1 aromatic carbocycles. The Balaban J connectivity index is 2.37. The molecule has 0 fully saturated rings. The van der Waals surface area contributed by atoms with E-state index in [1.165, 1.54) is 12.1 Å². The molecule has 0 radical (unpaired) electrons. The minimum atomic E-state index is -4.35. The predicted octanol–water partition coefficient (Wildman–Crippen LogP) is 5.34. The first-order valence-corrected chi connectivity index (χ1v) is 7.03. The van der Waals surface area contributed by atoms with Crippen molar-refractivity contribution in [2.45, 2.75) is 23.8 Å². The van der Waals surface area contributed by atoms with Crippen LogP contribution in [0.5, 0.6) is 0 Å². The van der Waals surface area contributed by atoms with E-state index in [2.05, 4.69) is 20.9 Å². The molecule has 2 rings (SSSR count). The highest BCUT2D eigenvalue weighted by molar-refractivity contribution is 9.09. The molecule has 0 bridgehead atoms. The van der Waals surface area contributed by atoms with Crippen molar-refractivity contribution in [3.05, 3.63) is 65.5 Å². The van der Waals surface area contributed by atoms with Crippen molar-refractivity contribution in [3.8, 4) is 0 Å². The number of rotatable bonds is 3. The van der Waals surface area contributed by atoms with Gasteiger partial charge in [0.05, 0.1) is 5.56 Å². The second kappa shape index (κ2) is 5.95. The van der Waals surface area contributed by atoms with Gasteiger partial charge in [-0.2, -0.15) is 13.2 Å². The van der Waals surface area contributed by atoms with Gasteiger partial charge in [-0.25, -0.2) is 0 Å². The SMILES string of the molecule is CC(c1ccncc1)C(Br)c1ccccc1C(F)(F)F. The molecule has 0 saturated carbocycles. The van der Waals surface area contributed by atoms with Gasteiger partial charge in [-0.15, -0.1) is 0 Å². The Hall–Kier alpha value is -1.36. The molecule has 0 saturated heterocycles. The number of aromatic nitrogens is 1. The molecule has 0 aliphatic heterocycles. The molecule has 0 aliphatic rings. The quantitative estimate of drug-likeness (QED) is 0.685. The fourth-order valence-electron chi connectivity index (χ4n) is 2.10. The van der Waals surface area contributed by atoms with E-state index < -0.39 is 16.6 Å². The van der Waals surface area contributed by atoms with Gasteiger partial charge in [-0.05, 0) is 35.2 Å². The fraction of sp³-hybridized carbons (Fsp3) is 0.267. The first kappa shape index (κ1) is 15.0. The van der Waals surface area contributed by atoms with Gasteiger partial charge >= 0.3 is 6.18 Å². The zero-order valence-corrected chi connectivity index (χ0v) is 12.3. The van der Waals surface area contributed by atoms with E-state index in [-0.39, 0.29) is 11.5 Å². The molecule has 1 nitrogen and oxygen atoms in total. The van der Waals surface area contributed by atoms with Crippen molar-refractivity contribution < 1.29 is 13.2 Å². The molecule has 1 aromatic heterocycles. The highest BCUT2D eigenvalue weighted by atomic mass is 79.9. The Kier molecular flexibility index (Phi) is 4.48. The summed E-state index contributed by atoms with van der Waals surface area (Å²) in [5.74, 6) is -0.0958. The van der Waals surface area contributed by atoms with Crippen molar-refractivity contribution in [2.75, 3.05) is 0 Å². The number of nitrogens with zero attached hydrogens (tertiary/aromatic N) is 1. The average molecular weight is 344 g/mol. The molecule has 2 atom stereocenters. The highest BCUT2D eigenvalue weighted by Crippen LogP contribution is 2.43. The second-order valence-corrected chi connectivity index (χ2v) is 5.54. The standard InChI is InChI=1S/C15H13BrF3N/c1-10(11-6-8-20-9-7-11)14(16)12-4-2-3-5-13(12)15(17,18)19/h2-10,14H,1H3. The molecule has 2 aromatic rings. The Morgan fingerprint density at radius 1 is 1.05 bits per heavy atom. The third-order valence-electron chi connectivity index (χ3n) is 3.23. The molecule has 0 aliphatic carbocycles. The normalized spacial score (nSPS) is 14.8. The molecule has 5 heteroatoms. The summed E-state index contributed by atoms with van der Waals surface area (Å²) in [4.78, 5) is 3.51. The zero-order chi connectivity index (χ0) is 14.8. The lowest BCUT2D eigenvalue weighted by Gasteiger charge is -2.22. The van der Waals surface area contributed by atoms with Crippen LogP contribution in [0.25, 0.3) is 0 Å². The first-order valence-electron chi connectivity index (χ1n) is 6.11. The third kappa shape index (κ3) is 3.20. The van der Waals surface area contributed by atoms with Crippen LogP contribution in [0.1, 0.15) is 34.4 Å². The van der Waals surface area contributed by atoms with Gasteiger partial charge < -0.3 is 0 Å². The van der Waals surface area contributed by atoms with E-state index in [0.29, 0.717) is 0 Å². The predicted molar refractivity (Wildman–Crippen MR) is 75.8 cm³/mol. The van der Waals surface area contributed by atoms with Crippen molar-refractivity contribution in [1.29, 1.82) is 0 Å². The zero-order valence-electron chi connectivity index (χ0n) is 10.7. The van der Waals surface area contributed by atoms with Gasteiger partial charge in [0.15, 0.2) is 0 Å². The number of benzene rings is 1. The second-order valence-electron chi connectivity index (χ2n) is 4.56. The van der Waals surface area contributed by atoms with Crippen LogP contribution in [-0.4, -0.2) is 4.98 Å². The molecular weight excluding hydrogens is 331 g/mol. The van der Waals surface area contributed by atoms with Gasteiger partial charge in [-0.3, -0.25) is 4.98 Å². The van der Waals surface area contributed by atoms with Crippen LogP contribution in [0.2, 0.25) is 0 Å². The molecule has 106 valence electrons. The van der Waals surface area contributed by atoms with Crippen LogP contribution in [0.3, 0.4) is 0 Å². The molecule has 2 unspecified atom stereocenters.